The van der Waals surface area contributed by atoms with Crippen LogP contribution in [0.3, 0.4) is 0 Å². The average molecular weight is 389 g/mol. The molecule has 0 aromatic carbocycles. The van der Waals surface area contributed by atoms with Gasteiger partial charge in [-0.15, -0.1) is 0 Å². The van der Waals surface area contributed by atoms with Crippen molar-refractivity contribution in [1.29, 1.82) is 0 Å². The Morgan fingerprint density at radius 2 is 1.96 bits per heavy atom. The number of morpholine rings is 1. The average Bonchev–Trinajstić information content (AvgIpc) is 3.12. The van der Waals surface area contributed by atoms with E-state index in [4.69, 9.17) is 19.4 Å². The molecule has 4 heterocycles. The number of nitrogens with one attached hydrogen (secondary N) is 1. The Balaban J connectivity index is 1.60. The molecule has 0 unspecified atom stereocenters. The lowest BCUT2D eigenvalue weighted by Gasteiger charge is -2.36. The summed E-state index contributed by atoms with van der Waals surface area (Å²) < 4.78 is 11.4. The van der Waals surface area contributed by atoms with E-state index in [0.29, 0.717) is 39.5 Å². The summed E-state index contributed by atoms with van der Waals surface area (Å²) >= 11 is 0. The largest absolute Gasteiger partial charge is 0.378 e. The van der Waals surface area contributed by atoms with Gasteiger partial charge in [-0.2, -0.15) is 0 Å². The second-order valence-electron chi connectivity index (χ2n) is 7.78. The molecule has 4 rings (SSSR count). The first-order valence-corrected chi connectivity index (χ1v) is 9.79. The SMILES string of the molecule is CC(=O)NCC(=O)N1CC[C@@]2(COCc3c(C)nc(N4CCOCC4)nc32)C1. The van der Waals surface area contributed by atoms with Crippen LogP contribution in [0.2, 0.25) is 0 Å². The Morgan fingerprint density at radius 1 is 1.18 bits per heavy atom. The van der Waals surface area contributed by atoms with Gasteiger partial charge in [-0.1, -0.05) is 0 Å². The third-order valence-corrected chi connectivity index (χ3v) is 5.82. The molecule has 3 aliphatic heterocycles. The van der Waals surface area contributed by atoms with Gasteiger partial charge in [-0.05, 0) is 13.3 Å². The minimum atomic E-state index is -0.311. The Bertz CT molecular complexity index is 780. The number of ether oxygens (including phenoxy) is 2. The van der Waals surface area contributed by atoms with Gasteiger partial charge in [-0.3, -0.25) is 9.59 Å². The van der Waals surface area contributed by atoms with Crippen LogP contribution < -0.4 is 10.2 Å². The highest BCUT2D eigenvalue weighted by Crippen LogP contribution is 2.40. The van der Waals surface area contributed by atoms with Crippen molar-refractivity contribution in [3.8, 4) is 0 Å². The van der Waals surface area contributed by atoms with Gasteiger partial charge in [0.25, 0.3) is 0 Å². The van der Waals surface area contributed by atoms with Crippen LogP contribution in [-0.2, 0) is 31.1 Å². The molecule has 2 amide bonds. The maximum Gasteiger partial charge on any atom is 0.241 e. The lowest BCUT2D eigenvalue weighted by molar-refractivity contribution is -0.131. The van der Waals surface area contributed by atoms with Crippen molar-refractivity contribution in [3.05, 3.63) is 17.0 Å². The molecular weight excluding hydrogens is 362 g/mol. The van der Waals surface area contributed by atoms with Gasteiger partial charge in [0.2, 0.25) is 17.8 Å². The molecule has 0 aliphatic carbocycles. The predicted octanol–water partition coefficient (Wildman–Crippen LogP) is -0.242. The van der Waals surface area contributed by atoms with E-state index in [9.17, 15) is 9.59 Å². The molecule has 2 fully saturated rings. The van der Waals surface area contributed by atoms with Crippen molar-refractivity contribution >= 4 is 17.8 Å². The smallest absolute Gasteiger partial charge is 0.241 e. The van der Waals surface area contributed by atoms with Crippen LogP contribution in [0.4, 0.5) is 5.95 Å². The van der Waals surface area contributed by atoms with Gasteiger partial charge in [0, 0.05) is 44.4 Å². The summed E-state index contributed by atoms with van der Waals surface area (Å²) in [5.41, 5.74) is 2.68. The van der Waals surface area contributed by atoms with Crippen molar-refractivity contribution in [1.82, 2.24) is 20.2 Å². The summed E-state index contributed by atoms with van der Waals surface area (Å²) in [7, 11) is 0. The zero-order chi connectivity index (χ0) is 19.7. The maximum atomic E-state index is 12.5. The van der Waals surface area contributed by atoms with E-state index in [1.165, 1.54) is 6.92 Å². The van der Waals surface area contributed by atoms with Gasteiger partial charge in [0.15, 0.2) is 0 Å². The number of anilines is 1. The van der Waals surface area contributed by atoms with Gasteiger partial charge < -0.3 is 24.6 Å². The molecule has 1 atom stereocenters. The molecule has 0 radical (unpaired) electrons. The fourth-order valence-electron chi connectivity index (χ4n) is 4.22. The molecule has 152 valence electrons. The van der Waals surface area contributed by atoms with Gasteiger partial charge in [-0.25, -0.2) is 9.97 Å². The van der Waals surface area contributed by atoms with Crippen molar-refractivity contribution in [3.63, 3.8) is 0 Å². The van der Waals surface area contributed by atoms with E-state index >= 15 is 0 Å². The third kappa shape index (κ3) is 3.56. The van der Waals surface area contributed by atoms with Crippen LogP contribution in [0.1, 0.15) is 30.3 Å². The monoisotopic (exact) mass is 389 g/mol. The Morgan fingerprint density at radius 3 is 2.71 bits per heavy atom. The first-order valence-electron chi connectivity index (χ1n) is 9.79. The minimum absolute atomic E-state index is 0.0287. The summed E-state index contributed by atoms with van der Waals surface area (Å²) in [5.74, 6) is 0.467. The lowest BCUT2D eigenvalue weighted by Crippen LogP contribution is -2.45. The molecule has 0 saturated carbocycles. The molecule has 1 aromatic heterocycles. The zero-order valence-electron chi connectivity index (χ0n) is 16.5. The van der Waals surface area contributed by atoms with Crippen molar-refractivity contribution < 1.29 is 19.1 Å². The number of likely N-dealkylation sites (tertiary alicyclic amines) is 1. The maximum absolute atomic E-state index is 12.5. The Labute approximate surface area is 164 Å². The standard InChI is InChI=1S/C19H27N5O4/c1-13-15-10-28-12-19(3-4-24(11-19)16(26)9-20-14(2)25)17(15)22-18(21-13)23-5-7-27-8-6-23/h3-12H2,1-2H3,(H,20,25)/t19-/m0/s1. The molecular formula is C19H27N5O4. The second kappa shape index (κ2) is 7.63. The molecule has 9 nitrogen and oxygen atoms in total. The summed E-state index contributed by atoms with van der Waals surface area (Å²) in [6, 6.07) is 0. The van der Waals surface area contributed by atoms with Crippen molar-refractivity contribution in [2.45, 2.75) is 32.3 Å². The van der Waals surface area contributed by atoms with Gasteiger partial charge in [0.05, 0.1) is 44.1 Å². The molecule has 1 N–H and O–H groups in total. The highest BCUT2D eigenvalue weighted by atomic mass is 16.5. The first-order chi connectivity index (χ1) is 13.5. The van der Waals surface area contributed by atoms with E-state index in [2.05, 4.69) is 10.2 Å². The lowest BCUT2D eigenvalue weighted by atomic mass is 9.80. The summed E-state index contributed by atoms with van der Waals surface area (Å²) in [5, 5.41) is 2.59. The summed E-state index contributed by atoms with van der Waals surface area (Å²) in [6.07, 6.45) is 0.796. The number of hydrogen-bond acceptors (Lipinski definition) is 7. The van der Waals surface area contributed by atoms with Crippen LogP contribution in [-0.4, -0.2) is 79.2 Å². The van der Waals surface area contributed by atoms with Crippen LogP contribution in [0.25, 0.3) is 0 Å². The summed E-state index contributed by atoms with van der Waals surface area (Å²) in [6.45, 7) is 8.60. The number of aromatic nitrogens is 2. The fraction of sp³-hybridized carbons (Fsp3) is 0.684. The minimum Gasteiger partial charge on any atom is -0.378 e. The van der Waals surface area contributed by atoms with E-state index in [0.717, 1.165) is 42.4 Å². The third-order valence-electron chi connectivity index (χ3n) is 5.82. The summed E-state index contributed by atoms with van der Waals surface area (Å²) in [4.78, 5) is 37.3. The Kier molecular flexibility index (Phi) is 5.20. The molecule has 0 bridgehead atoms. The predicted molar refractivity (Wildman–Crippen MR) is 101 cm³/mol. The Hall–Kier alpha value is -2.26. The number of carbonyl (C=O) groups excluding carboxylic acids is 2. The number of hydrogen-bond donors (Lipinski definition) is 1. The number of carbonyl (C=O) groups is 2. The van der Waals surface area contributed by atoms with E-state index < -0.39 is 0 Å². The number of fused-ring (bicyclic) bond motifs is 2. The highest BCUT2D eigenvalue weighted by molar-refractivity contribution is 5.84. The van der Waals surface area contributed by atoms with Crippen LogP contribution >= 0.6 is 0 Å². The normalized spacial score (nSPS) is 24.4. The first kappa shape index (κ1) is 19.1. The fourth-order valence-corrected chi connectivity index (χ4v) is 4.22. The van der Waals surface area contributed by atoms with E-state index in [1.54, 1.807) is 4.90 Å². The van der Waals surface area contributed by atoms with Crippen LogP contribution in [0.5, 0.6) is 0 Å². The zero-order valence-corrected chi connectivity index (χ0v) is 16.5. The molecule has 9 heteroatoms. The topological polar surface area (TPSA) is 96.9 Å². The van der Waals surface area contributed by atoms with Gasteiger partial charge in [0.1, 0.15) is 0 Å². The molecule has 2 saturated heterocycles. The van der Waals surface area contributed by atoms with Gasteiger partial charge >= 0.3 is 0 Å². The van der Waals surface area contributed by atoms with Crippen LogP contribution in [0, 0.1) is 6.92 Å². The number of rotatable bonds is 3. The molecule has 1 aromatic rings. The molecule has 1 spiro atoms. The number of nitrogens with zero attached hydrogens (tertiary/aromatic N) is 4. The van der Waals surface area contributed by atoms with E-state index in [1.807, 2.05) is 6.92 Å². The highest BCUT2D eigenvalue weighted by Gasteiger charge is 2.46. The quantitative estimate of drug-likeness (QED) is 0.762. The van der Waals surface area contributed by atoms with Crippen LogP contribution in [0.15, 0.2) is 0 Å². The van der Waals surface area contributed by atoms with Crippen molar-refractivity contribution in [2.75, 3.05) is 57.4 Å². The van der Waals surface area contributed by atoms with Crippen molar-refractivity contribution in [2.24, 2.45) is 0 Å². The van der Waals surface area contributed by atoms with E-state index in [-0.39, 0.29) is 23.8 Å². The second-order valence-corrected chi connectivity index (χ2v) is 7.78. The number of aryl methyl sites for hydroxylation is 1. The number of amides is 2. The molecule has 3 aliphatic rings. The molecule has 28 heavy (non-hydrogen) atoms.